The molecular weight excluding hydrogens is 990 g/mol. The summed E-state index contributed by atoms with van der Waals surface area (Å²) in [5.41, 5.74) is 0. The first-order chi connectivity index (χ1) is 38.0. The van der Waals surface area contributed by atoms with E-state index in [1.54, 1.807) is 0 Å². The average Bonchev–Trinajstić information content (AvgIpc) is 3.40. The maximum absolute atomic E-state index is 12.7. The summed E-state index contributed by atoms with van der Waals surface area (Å²) in [6.45, 7) is 4.10. The molecule has 0 saturated heterocycles. The number of likely N-dealkylation sites (N-methyl/N-ethyl adjacent to an activating group) is 1. The molecule has 9 nitrogen and oxygen atoms in total. The Labute approximate surface area is 483 Å². The number of esters is 2. The molecule has 0 aliphatic rings. The lowest BCUT2D eigenvalue weighted by Crippen LogP contribution is -2.37. The second-order valence-corrected chi connectivity index (χ2v) is 24.9. The van der Waals surface area contributed by atoms with E-state index >= 15 is 0 Å². The standard InChI is InChI=1S/C68H126NO8P/c1-6-8-10-12-14-16-18-20-21-22-23-24-25-26-27-28-29-30-31-32-33-34-35-36-37-38-39-40-41-42-43-44-45-46-47-49-50-52-54-56-58-60-67(70)74-64-66(65-76-78(72,73)75-63-62-69(3,4)5)77-68(71)61-59-57-55-53-51-48-19-17-15-13-11-9-7-2/h9,11,15,17-18,20,22-23,48,51,66H,6-8,10,12-14,16,19,21,24-47,49-50,52-65H2,1-5H3/b11-9-,17-15-,20-18-,23-22-,51-48-. The van der Waals surface area contributed by atoms with Crippen LogP contribution in [0.1, 0.15) is 309 Å². The highest BCUT2D eigenvalue weighted by atomic mass is 31.2. The van der Waals surface area contributed by atoms with Crippen LogP contribution in [-0.2, 0) is 32.7 Å². The molecule has 0 radical (unpaired) electrons. The summed E-state index contributed by atoms with van der Waals surface area (Å²) >= 11 is 0. The number of nitrogens with zero attached hydrogens (tertiary/aromatic N) is 1. The fraction of sp³-hybridized carbons (Fsp3) is 0.824. The first-order valence-corrected chi connectivity index (χ1v) is 34.5. The molecule has 0 aliphatic heterocycles. The largest absolute Gasteiger partial charge is 0.756 e. The van der Waals surface area contributed by atoms with Gasteiger partial charge in [0.05, 0.1) is 27.7 Å². The predicted molar refractivity (Wildman–Crippen MR) is 333 cm³/mol. The van der Waals surface area contributed by atoms with Gasteiger partial charge in [0, 0.05) is 12.8 Å². The zero-order valence-electron chi connectivity index (χ0n) is 51.9. The van der Waals surface area contributed by atoms with E-state index in [2.05, 4.69) is 74.6 Å². The second-order valence-electron chi connectivity index (χ2n) is 23.5. The Bertz CT molecular complexity index is 1500. The summed E-state index contributed by atoms with van der Waals surface area (Å²) in [5, 5.41) is 0. The van der Waals surface area contributed by atoms with Gasteiger partial charge in [0.2, 0.25) is 0 Å². The van der Waals surface area contributed by atoms with Crippen LogP contribution in [0, 0.1) is 0 Å². The molecule has 0 heterocycles. The smallest absolute Gasteiger partial charge is 0.306 e. The van der Waals surface area contributed by atoms with Crippen molar-refractivity contribution in [1.82, 2.24) is 0 Å². The Hall–Kier alpha value is -2.29. The molecule has 78 heavy (non-hydrogen) atoms. The molecule has 10 heteroatoms. The highest BCUT2D eigenvalue weighted by Crippen LogP contribution is 2.38. The zero-order chi connectivity index (χ0) is 57.0. The lowest BCUT2D eigenvalue weighted by atomic mass is 10.0. The monoisotopic (exact) mass is 1120 g/mol. The highest BCUT2D eigenvalue weighted by molar-refractivity contribution is 7.45. The van der Waals surface area contributed by atoms with Gasteiger partial charge < -0.3 is 27.9 Å². The van der Waals surface area contributed by atoms with Crippen LogP contribution in [-0.4, -0.2) is 70.0 Å². The number of hydrogen-bond donors (Lipinski definition) is 0. The Morgan fingerprint density at radius 1 is 0.410 bits per heavy atom. The minimum Gasteiger partial charge on any atom is -0.756 e. The maximum Gasteiger partial charge on any atom is 0.306 e. The van der Waals surface area contributed by atoms with Gasteiger partial charge in [-0.2, -0.15) is 0 Å². The van der Waals surface area contributed by atoms with Gasteiger partial charge >= 0.3 is 11.9 Å². The number of phosphoric acid groups is 1. The zero-order valence-corrected chi connectivity index (χ0v) is 52.8. The third-order valence-electron chi connectivity index (χ3n) is 14.5. The van der Waals surface area contributed by atoms with Crippen molar-refractivity contribution in [2.45, 2.75) is 315 Å². The molecule has 0 aliphatic carbocycles. The van der Waals surface area contributed by atoms with Crippen LogP contribution in [0.25, 0.3) is 0 Å². The molecule has 0 fully saturated rings. The van der Waals surface area contributed by atoms with Crippen molar-refractivity contribution >= 4 is 19.8 Å². The molecule has 0 rings (SSSR count). The van der Waals surface area contributed by atoms with Crippen LogP contribution in [0.5, 0.6) is 0 Å². The van der Waals surface area contributed by atoms with Gasteiger partial charge in [-0.1, -0.05) is 280 Å². The Morgan fingerprint density at radius 2 is 0.731 bits per heavy atom. The molecule has 0 spiro atoms. The molecule has 456 valence electrons. The Kier molecular flexibility index (Phi) is 57.6. The lowest BCUT2D eigenvalue weighted by Gasteiger charge is -2.28. The summed E-state index contributed by atoms with van der Waals surface area (Å²) in [6.07, 6.45) is 77.7. The van der Waals surface area contributed by atoms with E-state index in [9.17, 15) is 19.0 Å². The Morgan fingerprint density at radius 3 is 1.10 bits per heavy atom. The summed E-state index contributed by atoms with van der Waals surface area (Å²) in [4.78, 5) is 37.8. The van der Waals surface area contributed by atoms with Gasteiger partial charge in [0.25, 0.3) is 7.82 Å². The molecular formula is C68H126NO8P. The SMILES string of the molecule is CC/C=C\C/C=C\C/C=C\CCCCCC(=O)OC(COC(=O)CCCCCCCCCCCCCCCCCCCCCCCCCCCCCCC/C=C\C/C=C\CCCCCCC)COP(=O)([O-])OCC[N+](C)(C)C. The van der Waals surface area contributed by atoms with Crippen molar-refractivity contribution in [1.29, 1.82) is 0 Å². The third kappa shape index (κ3) is 62.9. The Balaban J connectivity index is 3.82. The molecule has 0 N–H and O–H groups in total. The van der Waals surface area contributed by atoms with Crippen molar-refractivity contribution in [3.05, 3.63) is 60.8 Å². The molecule has 0 aromatic carbocycles. The van der Waals surface area contributed by atoms with Crippen molar-refractivity contribution in [2.24, 2.45) is 0 Å². The number of hydrogen-bond acceptors (Lipinski definition) is 8. The second kappa shape index (κ2) is 59.3. The van der Waals surface area contributed by atoms with Crippen molar-refractivity contribution in [2.75, 3.05) is 47.5 Å². The highest BCUT2D eigenvalue weighted by Gasteiger charge is 2.22. The number of phosphoric ester groups is 1. The van der Waals surface area contributed by atoms with Crippen LogP contribution in [0.2, 0.25) is 0 Å². The van der Waals surface area contributed by atoms with E-state index in [0.717, 1.165) is 64.2 Å². The minimum absolute atomic E-state index is 0.0367. The normalized spacial score (nSPS) is 13.6. The number of unbranched alkanes of at least 4 members (excludes halogenated alkanes) is 37. The van der Waals surface area contributed by atoms with Gasteiger partial charge in [0.1, 0.15) is 19.8 Å². The molecule has 0 aromatic rings. The number of allylic oxidation sites excluding steroid dienone is 10. The van der Waals surface area contributed by atoms with E-state index in [-0.39, 0.29) is 32.0 Å². The van der Waals surface area contributed by atoms with Gasteiger partial charge in [-0.3, -0.25) is 14.2 Å². The number of carbonyl (C=O) groups excluding carboxylic acids is 2. The molecule has 0 amide bonds. The van der Waals surface area contributed by atoms with Crippen LogP contribution >= 0.6 is 7.82 Å². The molecule has 0 aromatic heterocycles. The first-order valence-electron chi connectivity index (χ1n) is 33.0. The average molecular weight is 1120 g/mol. The topological polar surface area (TPSA) is 111 Å². The minimum atomic E-state index is -4.64. The lowest BCUT2D eigenvalue weighted by molar-refractivity contribution is -0.870. The van der Waals surface area contributed by atoms with E-state index < -0.39 is 26.5 Å². The van der Waals surface area contributed by atoms with Gasteiger partial charge in [0.15, 0.2) is 6.10 Å². The molecule has 0 bridgehead atoms. The summed E-state index contributed by atoms with van der Waals surface area (Å²) in [5.74, 6) is -0.859. The van der Waals surface area contributed by atoms with Crippen LogP contribution in [0.4, 0.5) is 0 Å². The van der Waals surface area contributed by atoms with E-state index in [4.69, 9.17) is 18.5 Å². The van der Waals surface area contributed by atoms with Crippen LogP contribution in [0.15, 0.2) is 60.8 Å². The first kappa shape index (κ1) is 75.7. The molecule has 2 atom stereocenters. The van der Waals surface area contributed by atoms with Gasteiger partial charge in [-0.05, 0) is 77.0 Å². The van der Waals surface area contributed by atoms with Crippen molar-refractivity contribution in [3.8, 4) is 0 Å². The van der Waals surface area contributed by atoms with Crippen molar-refractivity contribution < 1.29 is 42.1 Å². The van der Waals surface area contributed by atoms with Crippen LogP contribution in [0.3, 0.4) is 0 Å². The van der Waals surface area contributed by atoms with Gasteiger partial charge in [-0.25, -0.2) is 0 Å². The third-order valence-corrected chi connectivity index (χ3v) is 15.5. The van der Waals surface area contributed by atoms with Gasteiger partial charge in [-0.15, -0.1) is 0 Å². The van der Waals surface area contributed by atoms with E-state index in [0.29, 0.717) is 17.4 Å². The summed E-state index contributed by atoms with van der Waals surface area (Å²) in [6, 6.07) is 0. The number of ether oxygens (including phenoxy) is 2. The summed E-state index contributed by atoms with van der Waals surface area (Å²) < 4.78 is 34.1. The fourth-order valence-corrected chi connectivity index (χ4v) is 10.2. The summed E-state index contributed by atoms with van der Waals surface area (Å²) in [7, 11) is 1.15. The van der Waals surface area contributed by atoms with Crippen LogP contribution < -0.4 is 4.89 Å². The fourth-order valence-electron chi connectivity index (χ4n) is 9.47. The quantitative estimate of drug-likeness (QED) is 0.0195. The maximum atomic E-state index is 12.7. The number of carbonyl (C=O) groups is 2. The molecule has 0 saturated carbocycles. The molecule has 2 unspecified atom stereocenters. The predicted octanol–water partition coefficient (Wildman–Crippen LogP) is 20.4. The van der Waals surface area contributed by atoms with E-state index in [1.165, 1.54) is 212 Å². The van der Waals surface area contributed by atoms with Crippen molar-refractivity contribution in [3.63, 3.8) is 0 Å². The van der Waals surface area contributed by atoms with E-state index in [1.807, 2.05) is 21.1 Å². The number of rotatable bonds is 61. The number of quaternary nitrogens is 1.